The lowest BCUT2D eigenvalue weighted by molar-refractivity contribution is -0.142. The second-order valence-corrected chi connectivity index (χ2v) is 5.49. The van der Waals surface area contributed by atoms with Gasteiger partial charge in [0, 0.05) is 7.05 Å². The van der Waals surface area contributed by atoms with Gasteiger partial charge in [-0.15, -0.1) is 12.4 Å². The lowest BCUT2D eigenvalue weighted by Gasteiger charge is -2.23. The number of likely N-dealkylation sites (N-methyl/N-ethyl adjacent to an activating group) is 1. The van der Waals surface area contributed by atoms with E-state index in [1.54, 1.807) is 29.2 Å². The van der Waals surface area contributed by atoms with E-state index in [1.165, 1.54) is 7.05 Å². The molecule has 1 heterocycles. The number of amides is 2. The number of halogens is 1. The molecule has 3 N–H and O–H groups in total. The highest BCUT2D eigenvalue weighted by atomic mass is 35.5. The molecule has 0 saturated carbocycles. The summed E-state index contributed by atoms with van der Waals surface area (Å²) in [6.07, 6.45) is 1.29. The average molecular weight is 356 g/mol. The summed E-state index contributed by atoms with van der Waals surface area (Å²) in [5.41, 5.74) is 0.677. The van der Waals surface area contributed by atoms with Crippen LogP contribution in [0.25, 0.3) is 0 Å². The summed E-state index contributed by atoms with van der Waals surface area (Å²) >= 11 is 0. The second-order valence-electron chi connectivity index (χ2n) is 5.49. The summed E-state index contributed by atoms with van der Waals surface area (Å²) in [5.74, 6) is -1.60. The maximum absolute atomic E-state index is 12.2. The minimum atomic E-state index is -0.916. The van der Waals surface area contributed by atoms with Crippen molar-refractivity contribution in [2.24, 2.45) is 0 Å². The third-order valence-electron chi connectivity index (χ3n) is 3.94. The van der Waals surface area contributed by atoms with Crippen LogP contribution in [0.1, 0.15) is 24.4 Å². The monoisotopic (exact) mass is 355 g/mol. The number of likely N-dealkylation sites (tertiary alicyclic amines) is 1. The Hall–Kier alpha value is -2.12. The van der Waals surface area contributed by atoms with Gasteiger partial charge in [-0.2, -0.15) is 0 Å². The molecule has 2 amide bonds. The first-order chi connectivity index (χ1) is 11.0. The predicted octanol–water partition coefficient (Wildman–Crippen LogP) is 0.561. The van der Waals surface area contributed by atoms with E-state index < -0.39 is 18.1 Å². The number of carbonyl (C=O) groups excluding carboxylic acids is 2. The first kappa shape index (κ1) is 19.9. The van der Waals surface area contributed by atoms with E-state index in [0.717, 1.165) is 6.42 Å². The van der Waals surface area contributed by atoms with Crippen LogP contribution in [0.5, 0.6) is 0 Å². The lowest BCUT2D eigenvalue weighted by Crippen LogP contribution is -2.46. The normalized spacial score (nSPS) is 18.3. The third kappa shape index (κ3) is 4.94. The molecule has 7 nitrogen and oxygen atoms in total. The molecule has 0 bridgehead atoms. The number of carboxylic acid groups (broad SMARTS) is 1. The Labute approximate surface area is 146 Å². The number of hydrogen-bond donors (Lipinski definition) is 3. The summed E-state index contributed by atoms with van der Waals surface area (Å²) in [7, 11) is 1.51. The van der Waals surface area contributed by atoms with Crippen molar-refractivity contribution in [3.63, 3.8) is 0 Å². The number of nitrogens with one attached hydrogen (secondary N) is 2. The van der Waals surface area contributed by atoms with E-state index >= 15 is 0 Å². The molecule has 0 aliphatic carbocycles. The molecule has 2 unspecified atom stereocenters. The molecule has 132 valence electrons. The number of aliphatic carboxylic acids is 1. The Balaban J connectivity index is 0.00000288. The molecule has 1 aliphatic heterocycles. The van der Waals surface area contributed by atoms with Gasteiger partial charge in [0.1, 0.15) is 12.1 Å². The van der Waals surface area contributed by atoms with Crippen LogP contribution in [0.4, 0.5) is 0 Å². The fourth-order valence-corrected chi connectivity index (χ4v) is 2.78. The van der Waals surface area contributed by atoms with E-state index in [2.05, 4.69) is 10.6 Å². The summed E-state index contributed by atoms with van der Waals surface area (Å²) < 4.78 is 0. The highest BCUT2D eigenvalue weighted by Gasteiger charge is 2.32. The molecule has 2 rings (SSSR count). The molecular formula is C16H22ClN3O4. The van der Waals surface area contributed by atoms with E-state index in [0.29, 0.717) is 18.5 Å². The van der Waals surface area contributed by atoms with Crippen LogP contribution in [0, 0.1) is 0 Å². The molecule has 2 atom stereocenters. The van der Waals surface area contributed by atoms with Crippen molar-refractivity contribution in [2.45, 2.75) is 24.9 Å². The van der Waals surface area contributed by atoms with Gasteiger partial charge < -0.3 is 15.7 Å². The maximum Gasteiger partial charge on any atom is 0.320 e. The van der Waals surface area contributed by atoms with Gasteiger partial charge in [0.25, 0.3) is 0 Å². The van der Waals surface area contributed by atoms with E-state index in [1.807, 2.05) is 6.07 Å². The van der Waals surface area contributed by atoms with Gasteiger partial charge in [0.15, 0.2) is 0 Å². The highest BCUT2D eigenvalue weighted by Crippen LogP contribution is 2.17. The largest absolute Gasteiger partial charge is 0.480 e. The van der Waals surface area contributed by atoms with Gasteiger partial charge in [-0.05, 0) is 24.9 Å². The topological polar surface area (TPSA) is 98.7 Å². The number of benzene rings is 1. The lowest BCUT2D eigenvalue weighted by atomic mass is 10.1. The Morgan fingerprint density at radius 1 is 1.29 bits per heavy atom. The van der Waals surface area contributed by atoms with Crippen LogP contribution in [0.3, 0.4) is 0 Å². The first-order valence-electron chi connectivity index (χ1n) is 7.55. The predicted molar refractivity (Wildman–Crippen MR) is 90.9 cm³/mol. The van der Waals surface area contributed by atoms with Crippen LogP contribution >= 0.6 is 12.4 Å². The zero-order valence-corrected chi connectivity index (χ0v) is 14.2. The van der Waals surface area contributed by atoms with Gasteiger partial charge in [-0.25, -0.2) is 0 Å². The quantitative estimate of drug-likeness (QED) is 0.692. The van der Waals surface area contributed by atoms with Gasteiger partial charge in [-0.1, -0.05) is 30.3 Å². The molecule has 1 aromatic rings. The van der Waals surface area contributed by atoms with Crippen molar-refractivity contribution in [1.29, 1.82) is 0 Å². The summed E-state index contributed by atoms with van der Waals surface area (Å²) in [6, 6.07) is 7.51. The number of carbonyl (C=O) groups is 3. The zero-order valence-electron chi connectivity index (χ0n) is 13.4. The molecule has 1 fully saturated rings. The SMILES string of the molecule is CNC(=O)C(NC(=O)CN1CCCC1C(=O)O)c1ccccc1.Cl. The molecule has 0 spiro atoms. The van der Waals surface area contributed by atoms with Crippen molar-refractivity contribution in [3.05, 3.63) is 35.9 Å². The van der Waals surface area contributed by atoms with E-state index in [4.69, 9.17) is 5.11 Å². The number of hydrogen-bond acceptors (Lipinski definition) is 4. The third-order valence-corrected chi connectivity index (χ3v) is 3.94. The zero-order chi connectivity index (χ0) is 16.8. The van der Waals surface area contributed by atoms with Crippen molar-refractivity contribution in [1.82, 2.24) is 15.5 Å². The number of nitrogens with zero attached hydrogens (tertiary/aromatic N) is 1. The Morgan fingerprint density at radius 3 is 2.54 bits per heavy atom. The minimum Gasteiger partial charge on any atom is -0.480 e. The molecule has 1 aliphatic rings. The van der Waals surface area contributed by atoms with Crippen molar-refractivity contribution < 1.29 is 19.5 Å². The van der Waals surface area contributed by atoms with Crippen LogP contribution in [-0.2, 0) is 14.4 Å². The van der Waals surface area contributed by atoms with Gasteiger partial charge in [0.2, 0.25) is 11.8 Å². The molecule has 8 heteroatoms. The molecule has 0 aromatic heterocycles. The molecular weight excluding hydrogens is 334 g/mol. The molecule has 0 radical (unpaired) electrons. The number of carboxylic acids is 1. The van der Waals surface area contributed by atoms with E-state index in [9.17, 15) is 14.4 Å². The first-order valence-corrected chi connectivity index (χ1v) is 7.55. The Morgan fingerprint density at radius 2 is 1.96 bits per heavy atom. The summed E-state index contributed by atoms with van der Waals surface area (Å²) in [4.78, 5) is 37.1. The Bertz CT molecular complexity index is 582. The maximum atomic E-state index is 12.2. The summed E-state index contributed by atoms with van der Waals surface area (Å²) in [6.45, 7) is 0.539. The molecule has 1 aromatic carbocycles. The minimum absolute atomic E-state index is 0. The van der Waals surface area contributed by atoms with Gasteiger partial charge >= 0.3 is 5.97 Å². The van der Waals surface area contributed by atoms with Gasteiger partial charge in [0.05, 0.1) is 6.54 Å². The highest BCUT2D eigenvalue weighted by molar-refractivity contribution is 5.89. The van der Waals surface area contributed by atoms with Crippen LogP contribution in [0.2, 0.25) is 0 Å². The van der Waals surface area contributed by atoms with E-state index in [-0.39, 0.29) is 30.8 Å². The second kappa shape index (κ2) is 9.24. The fraction of sp³-hybridized carbons (Fsp3) is 0.438. The van der Waals surface area contributed by atoms with Crippen LogP contribution in [-0.4, -0.2) is 54.0 Å². The fourth-order valence-electron chi connectivity index (χ4n) is 2.78. The molecule has 24 heavy (non-hydrogen) atoms. The van der Waals surface area contributed by atoms with Crippen LogP contribution < -0.4 is 10.6 Å². The Kier molecular flexibility index (Phi) is 7.67. The molecule has 1 saturated heterocycles. The standard InChI is InChI=1S/C16H21N3O4.ClH/c1-17-15(21)14(11-6-3-2-4-7-11)18-13(20)10-19-9-5-8-12(19)16(22)23;/h2-4,6-7,12,14H,5,8-10H2,1H3,(H,17,21)(H,18,20)(H,22,23);1H. The smallest absolute Gasteiger partial charge is 0.320 e. The summed E-state index contributed by atoms with van der Waals surface area (Å²) in [5, 5.41) is 14.4. The van der Waals surface area contributed by atoms with Gasteiger partial charge in [-0.3, -0.25) is 19.3 Å². The number of rotatable bonds is 6. The van der Waals surface area contributed by atoms with Crippen molar-refractivity contribution >= 4 is 30.2 Å². The van der Waals surface area contributed by atoms with Crippen molar-refractivity contribution in [2.75, 3.05) is 20.1 Å². The van der Waals surface area contributed by atoms with Crippen molar-refractivity contribution in [3.8, 4) is 0 Å². The average Bonchev–Trinajstić information content (AvgIpc) is 3.01. The van der Waals surface area contributed by atoms with Crippen LogP contribution in [0.15, 0.2) is 30.3 Å².